The smallest absolute Gasteiger partial charge is 0.161 e. The van der Waals surface area contributed by atoms with Gasteiger partial charge in [-0.25, -0.2) is 0 Å². The summed E-state index contributed by atoms with van der Waals surface area (Å²) in [6.07, 6.45) is 2.10. The van der Waals surface area contributed by atoms with Crippen molar-refractivity contribution in [2.75, 3.05) is 32.9 Å². The molecule has 0 radical (unpaired) electrons. The predicted molar refractivity (Wildman–Crippen MR) is 68.3 cm³/mol. The van der Waals surface area contributed by atoms with Crippen LogP contribution in [0.4, 0.5) is 0 Å². The number of aliphatic hydroxyl groups is 1. The van der Waals surface area contributed by atoms with E-state index in [-0.39, 0.29) is 12.0 Å². The first-order valence-electron chi connectivity index (χ1n) is 6.56. The first-order valence-corrected chi connectivity index (χ1v) is 6.56. The molecule has 2 heterocycles. The molecule has 4 nitrogen and oxygen atoms in total. The molecule has 0 aromatic heterocycles. The number of rotatable bonds is 2. The topological polar surface area (TPSA) is 50.7 Å². The Kier molecular flexibility index (Phi) is 3.14. The summed E-state index contributed by atoms with van der Waals surface area (Å²) in [7, 11) is 0. The molecule has 0 spiro atoms. The molecular formula is C14H19NO3. The molecule has 1 atom stereocenters. The minimum Gasteiger partial charge on any atom is -0.486 e. The van der Waals surface area contributed by atoms with E-state index in [1.165, 1.54) is 0 Å². The highest BCUT2D eigenvalue weighted by molar-refractivity contribution is 5.46. The van der Waals surface area contributed by atoms with Gasteiger partial charge < -0.3 is 19.9 Å². The fourth-order valence-corrected chi connectivity index (χ4v) is 2.81. The van der Waals surface area contributed by atoms with Gasteiger partial charge in [-0.2, -0.15) is 0 Å². The van der Waals surface area contributed by atoms with Crippen LogP contribution < -0.4 is 14.8 Å². The Balaban J connectivity index is 1.94. The molecule has 2 aliphatic heterocycles. The van der Waals surface area contributed by atoms with Crippen molar-refractivity contribution >= 4 is 0 Å². The number of piperidine rings is 1. The van der Waals surface area contributed by atoms with E-state index in [1.54, 1.807) is 0 Å². The van der Waals surface area contributed by atoms with Crippen LogP contribution >= 0.6 is 0 Å². The van der Waals surface area contributed by atoms with Crippen molar-refractivity contribution < 1.29 is 14.6 Å². The van der Waals surface area contributed by atoms with Crippen LogP contribution in [0.25, 0.3) is 0 Å². The number of fused-ring (bicyclic) bond motifs is 1. The number of benzene rings is 1. The van der Waals surface area contributed by atoms with Gasteiger partial charge in [-0.15, -0.1) is 0 Å². The van der Waals surface area contributed by atoms with E-state index in [2.05, 4.69) is 11.4 Å². The van der Waals surface area contributed by atoms with Gasteiger partial charge in [-0.3, -0.25) is 0 Å². The van der Waals surface area contributed by atoms with Crippen molar-refractivity contribution in [1.29, 1.82) is 0 Å². The quantitative estimate of drug-likeness (QED) is 0.823. The van der Waals surface area contributed by atoms with Gasteiger partial charge in [-0.1, -0.05) is 6.07 Å². The largest absolute Gasteiger partial charge is 0.486 e. The summed E-state index contributed by atoms with van der Waals surface area (Å²) in [4.78, 5) is 0. The van der Waals surface area contributed by atoms with E-state index in [4.69, 9.17) is 9.47 Å². The normalized spacial score (nSPS) is 26.9. The van der Waals surface area contributed by atoms with E-state index >= 15 is 0 Å². The van der Waals surface area contributed by atoms with Crippen molar-refractivity contribution in [1.82, 2.24) is 5.32 Å². The molecule has 18 heavy (non-hydrogen) atoms. The van der Waals surface area contributed by atoms with Crippen molar-refractivity contribution in [3.63, 3.8) is 0 Å². The van der Waals surface area contributed by atoms with Crippen molar-refractivity contribution in [2.45, 2.75) is 18.3 Å². The molecular weight excluding hydrogens is 230 g/mol. The summed E-state index contributed by atoms with van der Waals surface area (Å²) in [6.45, 7) is 3.23. The lowest BCUT2D eigenvalue weighted by atomic mass is 9.75. The van der Waals surface area contributed by atoms with E-state index in [0.29, 0.717) is 13.2 Å². The van der Waals surface area contributed by atoms with Crippen LogP contribution in [0.5, 0.6) is 11.5 Å². The highest BCUT2D eigenvalue weighted by atomic mass is 16.6. The molecule has 98 valence electrons. The first kappa shape index (κ1) is 11.8. The molecule has 4 heteroatoms. The summed E-state index contributed by atoms with van der Waals surface area (Å²) in [6, 6.07) is 6.03. The first-order chi connectivity index (χ1) is 8.84. The third kappa shape index (κ3) is 1.95. The molecule has 1 fully saturated rings. The second-order valence-corrected chi connectivity index (χ2v) is 5.08. The minimum atomic E-state index is -0.173. The monoisotopic (exact) mass is 249 g/mol. The molecule has 0 bridgehead atoms. The third-order valence-corrected chi connectivity index (χ3v) is 3.93. The Labute approximate surface area is 107 Å². The van der Waals surface area contributed by atoms with Gasteiger partial charge in [0.05, 0.1) is 6.61 Å². The van der Waals surface area contributed by atoms with Gasteiger partial charge in [0, 0.05) is 12.0 Å². The number of hydrogen-bond acceptors (Lipinski definition) is 4. The second-order valence-electron chi connectivity index (χ2n) is 5.08. The Morgan fingerprint density at radius 2 is 2.06 bits per heavy atom. The minimum absolute atomic E-state index is 0.166. The highest BCUT2D eigenvalue weighted by Crippen LogP contribution is 2.37. The molecule has 1 unspecified atom stereocenters. The molecule has 1 saturated heterocycles. The zero-order valence-electron chi connectivity index (χ0n) is 10.4. The summed E-state index contributed by atoms with van der Waals surface area (Å²) < 4.78 is 11.1. The van der Waals surface area contributed by atoms with Gasteiger partial charge in [0.15, 0.2) is 11.5 Å². The predicted octanol–water partition coefficient (Wildman–Crippen LogP) is 1.07. The van der Waals surface area contributed by atoms with E-state index in [1.807, 2.05) is 12.1 Å². The Bertz CT molecular complexity index is 427. The summed E-state index contributed by atoms with van der Waals surface area (Å²) >= 11 is 0. The van der Waals surface area contributed by atoms with Crippen LogP contribution in [0.15, 0.2) is 18.2 Å². The van der Waals surface area contributed by atoms with Gasteiger partial charge >= 0.3 is 0 Å². The molecule has 1 aromatic carbocycles. The summed E-state index contributed by atoms with van der Waals surface area (Å²) in [5.74, 6) is 1.61. The Morgan fingerprint density at radius 3 is 2.78 bits per heavy atom. The third-order valence-electron chi connectivity index (χ3n) is 3.93. The maximum absolute atomic E-state index is 9.79. The van der Waals surface area contributed by atoms with Crippen LogP contribution in [0.3, 0.4) is 0 Å². The molecule has 3 rings (SSSR count). The van der Waals surface area contributed by atoms with Crippen LogP contribution in [-0.4, -0.2) is 38.0 Å². The van der Waals surface area contributed by atoms with Crippen LogP contribution in [0.2, 0.25) is 0 Å². The van der Waals surface area contributed by atoms with Crippen molar-refractivity contribution in [3.8, 4) is 11.5 Å². The summed E-state index contributed by atoms with van der Waals surface area (Å²) in [5.41, 5.74) is 0.968. The highest BCUT2D eigenvalue weighted by Gasteiger charge is 2.34. The Morgan fingerprint density at radius 1 is 1.22 bits per heavy atom. The molecule has 0 aliphatic carbocycles. The summed E-state index contributed by atoms with van der Waals surface area (Å²) in [5, 5.41) is 13.2. The van der Waals surface area contributed by atoms with Gasteiger partial charge in [0.25, 0.3) is 0 Å². The number of aliphatic hydroxyl groups excluding tert-OH is 1. The lowest BCUT2D eigenvalue weighted by Crippen LogP contribution is -2.46. The number of nitrogens with one attached hydrogen (secondary N) is 1. The zero-order valence-corrected chi connectivity index (χ0v) is 10.4. The number of hydrogen-bond donors (Lipinski definition) is 2. The number of ether oxygens (including phenoxy) is 2. The lowest BCUT2D eigenvalue weighted by molar-refractivity contribution is 0.157. The molecule has 2 N–H and O–H groups in total. The van der Waals surface area contributed by atoms with E-state index in [9.17, 15) is 5.11 Å². The van der Waals surface area contributed by atoms with E-state index in [0.717, 1.165) is 43.0 Å². The maximum Gasteiger partial charge on any atom is 0.161 e. The fourth-order valence-electron chi connectivity index (χ4n) is 2.81. The lowest BCUT2D eigenvalue weighted by Gasteiger charge is -2.37. The van der Waals surface area contributed by atoms with Gasteiger partial charge in [0.2, 0.25) is 0 Å². The van der Waals surface area contributed by atoms with Gasteiger partial charge in [-0.05, 0) is 37.1 Å². The van der Waals surface area contributed by atoms with E-state index < -0.39 is 0 Å². The van der Waals surface area contributed by atoms with Crippen LogP contribution in [0, 0.1) is 0 Å². The average Bonchev–Trinajstić information content (AvgIpc) is 2.47. The van der Waals surface area contributed by atoms with Crippen LogP contribution in [-0.2, 0) is 5.41 Å². The molecule has 0 saturated carbocycles. The second kappa shape index (κ2) is 4.78. The standard InChI is InChI=1S/C14H19NO3/c16-10-14(4-1-5-15-9-14)11-2-3-12-13(8-11)18-7-6-17-12/h2-3,8,15-16H,1,4-7,9-10H2. The van der Waals surface area contributed by atoms with Crippen molar-refractivity contribution in [3.05, 3.63) is 23.8 Å². The van der Waals surface area contributed by atoms with Gasteiger partial charge in [0.1, 0.15) is 13.2 Å². The van der Waals surface area contributed by atoms with Crippen molar-refractivity contribution in [2.24, 2.45) is 0 Å². The maximum atomic E-state index is 9.79. The molecule has 0 amide bonds. The Hall–Kier alpha value is -1.26. The average molecular weight is 249 g/mol. The van der Waals surface area contributed by atoms with Crippen LogP contribution in [0.1, 0.15) is 18.4 Å². The zero-order chi connectivity index (χ0) is 12.4. The SMILES string of the molecule is OCC1(c2ccc3c(c2)OCCO3)CCCNC1. The fraction of sp³-hybridized carbons (Fsp3) is 0.571. The molecule has 1 aromatic rings. The molecule has 2 aliphatic rings.